The molecule has 0 fully saturated rings. The Labute approximate surface area is 135 Å². The zero-order chi connectivity index (χ0) is 16.1. The van der Waals surface area contributed by atoms with Crippen LogP contribution in [0.4, 0.5) is 11.4 Å². The molecule has 1 aromatic carbocycles. The number of nitrogens with zero attached hydrogens (tertiary/aromatic N) is 2. The molecule has 0 bridgehead atoms. The fourth-order valence-corrected chi connectivity index (χ4v) is 2.30. The molecule has 0 spiro atoms. The number of anilines is 2. The van der Waals surface area contributed by atoms with Gasteiger partial charge in [-0.15, -0.1) is 0 Å². The molecule has 0 aliphatic carbocycles. The van der Waals surface area contributed by atoms with E-state index in [0.717, 1.165) is 29.2 Å². The Morgan fingerprint density at radius 2 is 2.04 bits per heavy atom. The van der Waals surface area contributed by atoms with Crippen LogP contribution in [0.2, 0.25) is 0 Å². The van der Waals surface area contributed by atoms with Crippen LogP contribution in [-0.4, -0.2) is 15.2 Å². The van der Waals surface area contributed by atoms with Crippen molar-refractivity contribution in [1.82, 2.24) is 15.2 Å². The second kappa shape index (κ2) is 6.79. The third-order valence-electron chi connectivity index (χ3n) is 3.42. The third kappa shape index (κ3) is 3.77. The summed E-state index contributed by atoms with van der Waals surface area (Å²) in [4.78, 5) is 4.17. The first-order valence-electron chi connectivity index (χ1n) is 7.42. The molecule has 0 saturated heterocycles. The van der Waals surface area contributed by atoms with Gasteiger partial charge in [-0.3, -0.25) is 10.1 Å². The predicted molar refractivity (Wildman–Crippen MR) is 94.0 cm³/mol. The Bertz CT molecular complexity index is 792. The van der Waals surface area contributed by atoms with Crippen LogP contribution in [0.3, 0.4) is 0 Å². The molecule has 23 heavy (non-hydrogen) atoms. The Hall–Kier alpha value is -3.08. The molecule has 0 saturated carbocycles. The number of hydrogen-bond acceptors (Lipinski definition) is 4. The fourth-order valence-electron chi connectivity index (χ4n) is 2.30. The summed E-state index contributed by atoms with van der Waals surface area (Å²) < 4.78 is 0. The predicted octanol–water partition coefficient (Wildman–Crippen LogP) is 3.81. The van der Waals surface area contributed by atoms with Crippen LogP contribution in [0.15, 0.2) is 61.6 Å². The van der Waals surface area contributed by atoms with Gasteiger partial charge < -0.3 is 10.6 Å². The smallest absolute Gasteiger partial charge is 0.131 e. The van der Waals surface area contributed by atoms with Gasteiger partial charge in [0.25, 0.3) is 0 Å². The van der Waals surface area contributed by atoms with E-state index in [4.69, 9.17) is 0 Å². The molecule has 5 nitrogen and oxygen atoms in total. The van der Waals surface area contributed by atoms with Crippen molar-refractivity contribution in [2.45, 2.75) is 13.5 Å². The highest BCUT2D eigenvalue weighted by Gasteiger charge is 2.10. The number of aryl methyl sites for hydroxylation is 1. The minimum absolute atomic E-state index is 0.717. The third-order valence-corrected chi connectivity index (χ3v) is 3.42. The van der Waals surface area contributed by atoms with E-state index in [9.17, 15) is 0 Å². The zero-order valence-electron chi connectivity index (χ0n) is 13.0. The SMILES string of the molecule is C=C(Nc1cncc(C)c1)c1n[nH]cc1NCc1ccccc1. The highest BCUT2D eigenvalue weighted by molar-refractivity contribution is 5.79. The summed E-state index contributed by atoms with van der Waals surface area (Å²) in [5.74, 6) is 0. The molecule has 0 unspecified atom stereocenters. The number of nitrogens with one attached hydrogen (secondary N) is 3. The largest absolute Gasteiger partial charge is 0.378 e. The number of rotatable bonds is 6. The number of aromatic nitrogens is 3. The molecule has 2 aromatic heterocycles. The van der Waals surface area contributed by atoms with Crippen molar-refractivity contribution >= 4 is 17.1 Å². The molecule has 0 aliphatic rings. The van der Waals surface area contributed by atoms with Gasteiger partial charge in [-0.2, -0.15) is 5.10 Å². The van der Waals surface area contributed by atoms with Gasteiger partial charge in [-0.05, 0) is 24.1 Å². The van der Waals surface area contributed by atoms with Crippen molar-refractivity contribution in [1.29, 1.82) is 0 Å². The van der Waals surface area contributed by atoms with E-state index < -0.39 is 0 Å². The highest BCUT2D eigenvalue weighted by atomic mass is 15.2. The van der Waals surface area contributed by atoms with E-state index in [-0.39, 0.29) is 0 Å². The average Bonchev–Trinajstić information content (AvgIpc) is 3.02. The Morgan fingerprint density at radius 1 is 1.22 bits per heavy atom. The van der Waals surface area contributed by atoms with Gasteiger partial charge >= 0.3 is 0 Å². The van der Waals surface area contributed by atoms with Crippen molar-refractivity contribution in [2.24, 2.45) is 0 Å². The summed E-state index contributed by atoms with van der Waals surface area (Å²) >= 11 is 0. The Morgan fingerprint density at radius 3 is 2.83 bits per heavy atom. The lowest BCUT2D eigenvalue weighted by Gasteiger charge is -2.11. The average molecular weight is 305 g/mol. The standard InChI is InChI=1S/C18H19N5/c1-13-8-16(11-19-9-13)22-14(2)18-17(12-21-23-18)20-10-15-6-4-3-5-7-15/h3-9,11-12,20,22H,2,10H2,1H3,(H,21,23). The number of hydrogen-bond donors (Lipinski definition) is 3. The van der Waals surface area contributed by atoms with Crippen LogP contribution in [0.1, 0.15) is 16.8 Å². The maximum Gasteiger partial charge on any atom is 0.131 e. The first kappa shape index (κ1) is 14.8. The zero-order valence-corrected chi connectivity index (χ0v) is 13.0. The number of H-pyrrole nitrogens is 1. The van der Waals surface area contributed by atoms with Gasteiger partial charge in [0.05, 0.1) is 23.3 Å². The van der Waals surface area contributed by atoms with Crippen LogP contribution in [0.5, 0.6) is 0 Å². The van der Waals surface area contributed by atoms with E-state index in [1.165, 1.54) is 5.56 Å². The van der Waals surface area contributed by atoms with Crippen molar-refractivity contribution in [3.05, 3.63) is 78.4 Å². The lowest BCUT2D eigenvalue weighted by molar-refractivity contribution is 1.07. The van der Waals surface area contributed by atoms with Crippen molar-refractivity contribution in [3.63, 3.8) is 0 Å². The first-order valence-corrected chi connectivity index (χ1v) is 7.42. The normalized spacial score (nSPS) is 10.3. The van der Waals surface area contributed by atoms with Crippen LogP contribution >= 0.6 is 0 Å². The van der Waals surface area contributed by atoms with E-state index in [1.807, 2.05) is 43.6 Å². The highest BCUT2D eigenvalue weighted by Crippen LogP contribution is 2.22. The molecular formula is C18H19N5. The monoisotopic (exact) mass is 305 g/mol. The maximum atomic E-state index is 4.28. The molecule has 2 heterocycles. The second-order valence-electron chi connectivity index (χ2n) is 5.34. The van der Waals surface area contributed by atoms with Gasteiger partial charge in [0.15, 0.2) is 0 Å². The lowest BCUT2D eigenvalue weighted by Crippen LogP contribution is -2.04. The maximum absolute atomic E-state index is 4.28. The molecule has 5 heteroatoms. The summed E-state index contributed by atoms with van der Waals surface area (Å²) in [6.45, 7) is 6.81. The molecule has 0 radical (unpaired) electrons. The number of aromatic amines is 1. The molecule has 3 N–H and O–H groups in total. The van der Waals surface area contributed by atoms with Crippen LogP contribution in [0, 0.1) is 6.92 Å². The molecular weight excluding hydrogens is 286 g/mol. The summed E-state index contributed by atoms with van der Waals surface area (Å²) in [5.41, 5.74) is 5.59. The second-order valence-corrected chi connectivity index (χ2v) is 5.34. The molecule has 116 valence electrons. The van der Waals surface area contributed by atoms with Crippen LogP contribution < -0.4 is 10.6 Å². The van der Waals surface area contributed by atoms with Gasteiger partial charge in [0.1, 0.15) is 5.69 Å². The van der Waals surface area contributed by atoms with Gasteiger partial charge in [-0.1, -0.05) is 36.9 Å². The van der Waals surface area contributed by atoms with E-state index in [2.05, 4.69) is 44.5 Å². The number of pyridine rings is 1. The molecule has 0 amide bonds. The summed E-state index contributed by atoms with van der Waals surface area (Å²) in [6.07, 6.45) is 5.41. The van der Waals surface area contributed by atoms with Gasteiger partial charge in [0, 0.05) is 18.9 Å². The Kier molecular flexibility index (Phi) is 4.38. The lowest BCUT2D eigenvalue weighted by atomic mass is 10.2. The quantitative estimate of drug-likeness (QED) is 0.648. The van der Waals surface area contributed by atoms with Crippen molar-refractivity contribution in [3.8, 4) is 0 Å². The first-order chi connectivity index (χ1) is 11.2. The molecule has 3 rings (SSSR count). The van der Waals surface area contributed by atoms with Crippen molar-refractivity contribution in [2.75, 3.05) is 10.6 Å². The summed E-state index contributed by atoms with van der Waals surface area (Å²) in [7, 11) is 0. The van der Waals surface area contributed by atoms with Crippen molar-refractivity contribution < 1.29 is 0 Å². The minimum Gasteiger partial charge on any atom is -0.378 e. The molecule has 3 aromatic rings. The van der Waals surface area contributed by atoms with E-state index in [1.54, 1.807) is 6.20 Å². The molecule has 0 atom stereocenters. The van der Waals surface area contributed by atoms with E-state index >= 15 is 0 Å². The topological polar surface area (TPSA) is 65.6 Å². The van der Waals surface area contributed by atoms with E-state index in [0.29, 0.717) is 5.70 Å². The van der Waals surface area contributed by atoms with Crippen LogP contribution in [0.25, 0.3) is 5.70 Å². The van der Waals surface area contributed by atoms with Crippen LogP contribution in [-0.2, 0) is 6.54 Å². The number of benzene rings is 1. The molecule has 0 aliphatic heterocycles. The fraction of sp³-hybridized carbons (Fsp3) is 0.111. The summed E-state index contributed by atoms with van der Waals surface area (Å²) in [6, 6.07) is 12.2. The summed E-state index contributed by atoms with van der Waals surface area (Å²) in [5, 5.41) is 13.8. The minimum atomic E-state index is 0.717. The Balaban J connectivity index is 1.69. The van der Waals surface area contributed by atoms with Gasteiger partial charge in [0.2, 0.25) is 0 Å². The van der Waals surface area contributed by atoms with Gasteiger partial charge in [-0.25, -0.2) is 0 Å².